The number of piperidine rings is 1. The molecule has 0 spiro atoms. The Labute approximate surface area is 171 Å². The summed E-state index contributed by atoms with van der Waals surface area (Å²) in [5.41, 5.74) is 1.98. The van der Waals surface area contributed by atoms with Gasteiger partial charge in [-0.05, 0) is 43.9 Å². The van der Waals surface area contributed by atoms with E-state index in [4.69, 9.17) is 13.7 Å². The molecule has 0 unspecified atom stereocenters. The topological polar surface area (TPSA) is 104 Å². The number of amides is 1. The molecule has 1 aromatic carbocycles. The third-order valence-electron chi connectivity index (χ3n) is 6.39. The van der Waals surface area contributed by atoms with Crippen LogP contribution in [0.3, 0.4) is 0 Å². The van der Waals surface area contributed by atoms with Gasteiger partial charge < -0.3 is 18.6 Å². The van der Waals surface area contributed by atoms with E-state index in [2.05, 4.69) is 10.1 Å². The fourth-order valence-corrected chi connectivity index (χ4v) is 4.35. The molecule has 0 bridgehead atoms. The van der Waals surface area contributed by atoms with Gasteiger partial charge in [0.15, 0.2) is 11.4 Å². The first-order valence-corrected chi connectivity index (χ1v) is 10.5. The van der Waals surface area contributed by atoms with Gasteiger partial charge in [0.1, 0.15) is 0 Å². The minimum Gasteiger partial charge on any atom is -0.408 e. The van der Waals surface area contributed by atoms with Gasteiger partial charge in [0.25, 0.3) is 5.89 Å². The van der Waals surface area contributed by atoms with Gasteiger partial charge in [-0.15, -0.1) is 0 Å². The van der Waals surface area contributed by atoms with Crippen LogP contribution in [-0.4, -0.2) is 51.8 Å². The molecule has 9 nitrogen and oxygen atoms in total. The third kappa shape index (κ3) is 2.96. The summed E-state index contributed by atoms with van der Waals surface area (Å²) in [6.45, 7) is 2.51. The first-order valence-electron chi connectivity index (χ1n) is 10.5. The number of rotatable bonds is 4. The van der Waals surface area contributed by atoms with E-state index < -0.39 is 0 Å². The van der Waals surface area contributed by atoms with Gasteiger partial charge in [-0.3, -0.25) is 9.36 Å². The molecule has 1 aliphatic carbocycles. The standard InChI is InChI=1S/C21H22N4O5/c26-20(13-1-2-13)24-7-5-12(6-8-24)18-22-19(30-23-18)14-3-4-17-16(9-14)25(21(27)29-17)15-10-28-11-15/h3-4,9,12-13,15H,1-2,5-8,10-11H2. The predicted octanol–water partition coefficient (Wildman–Crippen LogP) is 2.33. The monoisotopic (exact) mass is 410 g/mol. The molecule has 4 heterocycles. The lowest BCUT2D eigenvalue weighted by atomic mass is 9.96. The SMILES string of the molecule is O=C(C1CC1)N1CCC(c2noc(-c3ccc4oc(=O)n(C5COC5)c4c3)n2)CC1. The Balaban J connectivity index is 1.22. The average molecular weight is 410 g/mol. The summed E-state index contributed by atoms with van der Waals surface area (Å²) >= 11 is 0. The molecule has 0 radical (unpaired) electrons. The Morgan fingerprint density at radius 3 is 2.60 bits per heavy atom. The van der Waals surface area contributed by atoms with Crippen molar-refractivity contribution in [3.63, 3.8) is 0 Å². The van der Waals surface area contributed by atoms with Crippen molar-refractivity contribution >= 4 is 17.0 Å². The molecule has 30 heavy (non-hydrogen) atoms. The summed E-state index contributed by atoms with van der Waals surface area (Å²) < 4.78 is 17.7. The summed E-state index contributed by atoms with van der Waals surface area (Å²) in [4.78, 5) is 31.0. The second kappa shape index (κ2) is 6.80. The molecule has 9 heteroatoms. The van der Waals surface area contributed by atoms with Gasteiger partial charge in [-0.25, -0.2) is 4.79 Å². The highest BCUT2D eigenvalue weighted by molar-refractivity contribution is 5.81. The lowest BCUT2D eigenvalue weighted by Gasteiger charge is -2.30. The Hall–Kier alpha value is -2.94. The maximum Gasteiger partial charge on any atom is 0.420 e. The van der Waals surface area contributed by atoms with E-state index in [0.29, 0.717) is 41.9 Å². The number of hydrogen-bond donors (Lipinski definition) is 0. The highest BCUT2D eigenvalue weighted by Crippen LogP contribution is 2.34. The zero-order valence-electron chi connectivity index (χ0n) is 16.5. The van der Waals surface area contributed by atoms with Crippen LogP contribution < -0.4 is 5.76 Å². The molecule has 2 aliphatic heterocycles. The molecule has 1 saturated carbocycles. The lowest BCUT2D eigenvalue weighted by Crippen LogP contribution is -2.38. The van der Waals surface area contributed by atoms with Crippen molar-refractivity contribution in [3.8, 4) is 11.5 Å². The van der Waals surface area contributed by atoms with E-state index >= 15 is 0 Å². The van der Waals surface area contributed by atoms with Crippen LogP contribution in [0.15, 0.2) is 31.9 Å². The number of fused-ring (bicyclic) bond motifs is 1. The molecule has 156 valence electrons. The molecule has 3 aliphatic rings. The molecule has 2 saturated heterocycles. The van der Waals surface area contributed by atoms with Gasteiger partial charge >= 0.3 is 5.76 Å². The Morgan fingerprint density at radius 1 is 1.10 bits per heavy atom. The van der Waals surface area contributed by atoms with E-state index in [1.54, 1.807) is 10.6 Å². The van der Waals surface area contributed by atoms with Crippen molar-refractivity contribution < 1.29 is 18.5 Å². The van der Waals surface area contributed by atoms with Gasteiger partial charge in [-0.1, -0.05) is 5.16 Å². The second-order valence-corrected chi connectivity index (χ2v) is 8.44. The molecule has 1 amide bonds. The average Bonchev–Trinajstić information content (AvgIpc) is 3.38. The number of oxazole rings is 1. The van der Waals surface area contributed by atoms with Crippen molar-refractivity contribution in [1.82, 2.24) is 19.6 Å². The Bertz CT molecular complexity index is 1160. The minimum absolute atomic E-state index is 0.00391. The molecule has 0 atom stereocenters. The van der Waals surface area contributed by atoms with E-state index in [1.807, 2.05) is 17.0 Å². The van der Waals surface area contributed by atoms with Crippen LogP contribution in [0.25, 0.3) is 22.6 Å². The Kier molecular flexibility index (Phi) is 4.05. The summed E-state index contributed by atoms with van der Waals surface area (Å²) in [7, 11) is 0. The van der Waals surface area contributed by atoms with Crippen LogP contribution in [0.5, 0.6) is 0 Å². The maximum atomic E-state index is 12.2. The van der Waals surface area contributed by atoms with Gasteiger partial charge in [0.05, 0.1) is 24.8 Å². The first-order chi connectivity index (χ1) is 14.7. The molecule has 3 aromatic rings. The Morgan fingerprint density at radius 2 is 1.90 bits per heavy atom. The number of aromatic nitrogens is 3. The largest absolute Gasteiger partial charge is 0.420 e. The number of carbonyl (C=O) groups is 1. The van der Waals surface area contributed by atoms with E-state index in [9.17, 15) is 9.59 Å². The summed E-state index contributed by atoms with van der Waals surface area (Å²) in [5, 5.41) is 4.20. The fourth-order valence-electron chi connectivity index (χ4n) is 4.35. The normalized spacial score (nSPS) is 20.6. The van der Waals surface area contributed by atoms with Crippen LogP contribution >= 0.6 is 0 Å². The fraction of sp³-hybridized carbons (Fsp3) is 0.524. The number of ether oxygens (including phenoxy) is 1. The number of likely N-dealkylation sites (tertiary alicyclic amines) is 1. The van der Waals surface area contributed by atoms with Crippen molar-refractivity contribution in [3.05, 3.63) is 34.6 Å². The first kappa shape index (κ1) is 17.9. The van der Waals surface area contributed by atoms with E-state index in [1.165, 1.54) is 0 Å². The summed E-state index contributed by atoms with van der Waals surface area (Å²) in [5.74, 6) is 1.48. The predicted molar refractivity (Wildman–Crippen MR) is 105 cm³/mol. The second-order valence-electron chi connectivity index (χ2n) is 8.44. The van der Waals surface area contributed by atoms with Crippen molar-refractivity contribution in [2.75, 3.05) is 26.3 Å². The zero-order valence-corrected chi connectivity index (χ0v) is 16.5. The molecule has 6 rings (SSSR count). The van der Waals surface area contributed by atoms with Crippen LogP contribution in [0.1, 0.15) is 43.5 Å². The number of nitrogens with zero attached hydrogens (tertiary/aromatic N) is 4. The maximum absolute atomic E-state index is 12.2. The number of carbonyl (C=O) groups excluding carboxylic acids is 1. The molecule has 3 fully saturated rings. The minimum atomic E-state index is -0.380. The lowest BCUT2D eigenvalue weighted by molar-refractivity contribution is -0.133. The van der Waals surface area contributed by atoms with Gasteiger partial charge in [-0.2, -0.15) is 4.98 Å². The van der Waals surface area contributed by atoms with E-state index in [0.717, 1.165) is 44.3 Å². The van der Waals surface area contributed by atoms with Crippen molar-refractivity contribution in [1.29, 1.82) is 0 Å². The van der Waals surface area contributed by atoms with Crippen molar-refractivity contribution in [2.45, 2.75) is 37.6 Å². The molecule has 0 N–H and O–H groups in total. The quantitative estimate of drug-likeness (QED) is 0.650. The summed E-state index contributed by atoms with van der Waals surface area (Å²) in [6, 6.07) is 5.43. The third-order valence-corrected chi connectivity index (χ3v) is 6.39. The smallest absolute Gasteiger partial charge is 0.408 e. The van der Waals surface area contributed by atoms with Gasteiger partial charge in [0, 0.05) is 30.5 Å². The molecular weight excluding hydrogens is 388 g/mol. The number of benzene rings is 1. The van der Waals surface area contributed by atoms with E-state index in [-0.39, 0.29) is 23.6 Å². The van der Waals surface area contributed by atoms with Crippen LogP contribution in [-0.2, 0) is 9.53 Å². The molecule has 2 aromatic heterocycles. The van der Waals surface area contributed by atoms with Gasteiger partial charge in [0.2, 0.25) is 5.91 Å². The van der Waals surface area contributed by atoms with Crippen LogP contribution in [0.2, 0.25) is 0 Å². The highest BCUT2D eigenvalue weighted by Gasteiger charge is 2.36. The highest BCUT2D eigenvalue weighted by atomic mass is 16.5. The van der Waals surface area contributed by atoms with Crippen LogP contribution in [0.4, 0.5) is 0 Å². The van der Waals surface area contributed by atoms with Crippen molar-refractivity contribution in [2.24, 2.45) is 5.92 Å². The zero-order chi connectivity index (χ0) is 20.2. The summed E-state index contributed by atoms with van der Waals surface area (Å²) in [6.07, 6.45) is 3.77. The molecular formula is C21H22N4O5. The number of hydrogen-bond acceptors (Lipinski definition) is 7. The van der Waals surface area contributed by atoms with Crippen LogP contribution in [0, 0.1) is 5.92 Å².